The first-order valence-corrected chi connectivity index (χ1v) is 6.70. The number of hydrogen-bond donors (Lipinski definition) is 1. The van der Waals surface area contributed by atoms with Gasteiger partial charge < -0.3 is 14.3 Å². The molecule has 4 nitrogen and oxygen atoms in total. The summed E-state index contributed by atoms with van der Waals surface area (Å²) in [4.78, 5) is 12.5. The van der Waals surface area contributed by atoms with Gasteiger partial charge in [0.15, 0.2) is 0 Å². The molecule has 2 aromatic rings. The van der Waals surface area contributed by atoms with Crippen molar-refractivity contribution in [2.75, 3.05) is 7.11 Å². The quantitative estimate of drug-likeness (QED) is 0.673. The number of aliphatic hydroxyl groups is 1. The maximum atomic E-state index is 11.5. The number of aliphatic hydroxyl groups excluding tert-OH is 1. The van der Waals surface area contributed by atoms with Gasteiger partial charge in [-0.1, -0.05) is 12.1 Å². The SMILES string of the molecule is COC(=O)c1ccoc1CSc1ccc(CO)cc1. The Morgan fingerprint density at radius 1 is 1.32 bits per heavy atom. The van der Waals surface area contributed by atoms with E-state index in [1.807, 2.05) is 24.3 Å². The summed E-state index contributed by atoms with van der Waals surface area (Å²) in [5.41, 5.74) is 1.33. The monoisotopic (exact) mass is 278 g/mol. The fourth-order valence-corrected chi connectivity index (χ4v) is 2.43. The lowest BCUT2D eigenvalue weighted by molar-refractivity contribution is 0.0598. The molecule has 100 valence electrons. The molecule has 0 radical (unpaired) electrons. The predicted molar refractivity (Wildman–Crippen MR) is 72.0 cm³/mol. The van der Waals surface area contributed by atoms with Gasteiger partial charge in [-0.25, -0.2) is 4.79 Å². The molecule has 0 aliphatic heterocycles. The van der Waals surface area contributed by atoms with Gasteiger partial charge in [0.25, 0.3) is 0 Å². The highest BCUT2D eigenvalue weighted by molar-refractivity contribution is 7.98. The van der Waals surface area contributed by atoms with E-state index in [4.69, 9.17) is 9.52 Å². The van der Waals surface area contributed by atoms with Crippen molar-refractivity contribution in [3.8, 4) is 0 Å². The van der Waals surface area contributed by atoms with Gasteiger partial charge >= 0.3 is 5.97 Å². The Morgan fingerprint density at radius 3 is 2.68 bits per heavy atom. The van der Waals surface area contributed by atoms with Gasteiger partial charge in [0, 0.05) is 4.90 Å². The van der Waals surface area contributed by atoms with Crippen molar-refractivity contribution in [2.45, 2.75) is 17.3 Å². The Bertz CT molecular complexity index is 545. The lowest BCUT2D eigenvalue weighted by Crippen LogP contribution is -2.02. The van der Waals surface area contributed by atoms with Crippen LogP contribution in [0, 0.1) is 0 Å². The zero-order chi connectivity index (χ0) is 13.7. The van der Waals surface area contributed by atoms with Crippen molar-refractivity contribution >= 4 is 17.7 Å². The number of carbonyl (C=O) groups excluding carboxylic acids is 1. The summed E-state index contributed by atoms with van der Waals surface area (Å²) in [5, 5.41) is 8.96. The Morgan fingerprint density at radius 2 is 2.05 bits per heavy atom. The van der Waals surface area contributed by atoms with E-state index in [0.717, 1.165) is 10.5 Å². The lowest BCUT2D eigenvalue weighted by atomic mass is 10.2. The second-order valence-corrected chi connectivity index (χ2v) is 4.89. The van der Waals surface area contributed by atoms with Gasteiger partial charge in [-0.3, -0.25) is 0 Å². The maximum absolute atomic E-state index is 11.5. The second-order valence-electron chi connectivity index (χ2n) is 3.84. The van der Waals surface area contributed by atoms with E-state index in [-0.39, 0.29) is 12.6 Å². The van der Waals surface area contributed by atoms with Crippen molar-refractivity contribution in [1.29, 1.82) is 0 Å². The molecule has 1 aromatic heterocycles. The van der Waals surface area contributed by atoms with Crippen LogP contribution in [0.4, 0.5) is 0 Å². The molecule has 1 aromatic carbocycles. The number of benzene rings is 1. The van der Waals surface area contributed by atoms with Crippen LogP contribution in [0.1, 0.15) is 21.7 Å². The Labute approximate surface area is 115 Å². The van der Waals surface area contributed by atoms with E-state index in [0.29, 0.717) is 17.1 Å². The van der Waals surface area contributed by atoms with Gasteiger partial charge in [0.1, 0.15) is 11.3 Å². The molecule has 0 fully saturated rings. The molecule has 0 aliphatic carbocycles. The highest BCUT2D eigenvalue weighted by Crippen LogP contribution is 2.25. The minimum atomic E-state index is -0.389. The summed E-state index contributed by atoms with van der Waals surface area (Å²) in [7, 11) is 1.35. The lowest BCUT2D eigenvalue weighted by Gasteiger charge is -2.03. The molecular weight excluding hydrogens is 264 g/mol. The van der Waals surface area contributed by atoms with Crippen molar-refractivity contribution in [1.82, 2.24) is 0 Å². The smallest absolute Gasteiger partial charge is 0.341 e. The van der Waals surface area contributed by atoms with Crippen molar-refractivity contribution in [3.05, 3.63) is 53.5 Å². The molecule has 0 bridgehead atoms. The fourth-order valence-electron chi connectivity index (χ4n) is 1.58. The summed E-state index contributed by atoms with van der Waals surface area (Å²) in [5.74, 6) is 0.763. The Balaban J connectivity index is 2.02. The van der Waals surface area contributed by atoms with Crippen LogP contribution in [-0.2, 0) is 17.1 Å². The molecule has 0 unspecified atom stereocenters. The number of rotatable bonds is 5. The summed E-state index contributed by atoms with van der Waals surface area (Å²) >= 11 is 1.56. The third kappa shape index (κ3) is 3.39. The summed E-state index contributed by atoms with van der Waals surface area (Å²) in [6.45, 7) is 0.0373. The van der Waals surface area contributed by atoms with Crippen LogP contribution >= 0.6 is 11.8 Å². The average Bonchev–Trinajstić information content (AvgIpc) is 2.93. The molecule has 19 heavy (non-hydrogen) atoms. The van der Waals surface area contributed by atoms with E-state index in [1.54, 1.807) is 17.8 Å². The van der Waals surface area contributed by atoms with E-state index in [2.05, 4.69) is 4.74 Å². The molecule has 0 saturated heterocycles. The molecule has 0 atom stereocenters. The minimum absolute atomic E-state index is 0.0373. The minimum Gasteiger partial charge on any atom is -0.468 e. The van der Waals surface area contributed by atoms with Crippen LogP contribution in [0.15, 0.2) is 45.9 Å². The van der Waals surface area contributed by atoms with Gasteiger partial charge in [-0.2, -0.15) is 0 Å². The zero-order valence-corrected chi connectivity index (χ0v) is 11.3. The highest BCUT2D eigenvalue weighted by Gasteiger charge is 2.14. The van der Waals surface area contributed by atoms with Crippen LogP contribution in [0.25, 0.3) is 0 Å². The first-order chi connectivity index (χ1) is 9.24. The van der Waals surface area contributed by atoms with Crippen LogP contribution < -0.4 is 0 Å². The van der Waals surface area contributed by atoms with Crippen molar-refractivity contribution in [2.24, 2.45) is 0 Å². The molecule has 0 aliphatic rings. The van der Waals surface area contributed by atoms with E-state index < -0.39 is 0 Å². The molecule has 1 N–H and O–H groups in total. The summed E-state index contributed by atoms with van der Waals surface area (Å²) in [6, 6.07) is 9.20. The standard InChI is InChI=1S/C14H14O4S/c1-17-14(16)12-6-7-18-13(12)9-19-11-4-2-10(8-15)3-5-11/h2-7,15H,8-9H2,1H3. The maximum Gasteiger partial charge on any atom is 0.341 e. The summed E-state index contributed by atoms with van der Waals surface area (Å²) < 4.78 is 9.97. The van der Waals surface area contributed by atoms with Crippen molar-refractivity contribution in [3.63, 3.8) is 0 Å². The Hall–Kier alpha value is -1.72. The molecule has 0 saturated carbocycles. The first-order valence-electron chi connectivity index (χ1n) is 5.72. The molecule has 0 amide bonds. The van der Waals surface area contributed by atoms with Crippen LogP contribution in [0.3, 0.4) is 0 Å². The van der Waals surface area contributed by atoms with E-state index in [9.17, 15) is 4.79 Å². The third-order valence-electron chi connectivity index (χ3n) is 2.63. The fraction of sp³-hybridized carbons (Fsp3) is 0.214. The molecule has 1 heterocycles. The molecule has 2 rings (SSSR count). The molecule has 0 spiro atoms. The van der Waals surface area contributed by atoms with Crippen molar-refractivity contribution < 1.29 is 19.1 Å². The van der Waals surface area contributed by atoms with Gasteiger partial charge in [-0.05, 0) is 23.8 Å². The number of carbonyl (C=O) groups is 1. The number of ether oxygens (including phenoxy) is 1. The normalized spacial score (nSPS) is 10.4. The highest BCUT2D eigenvalue weighted by atomic mass is 32.2. The predicted octanol–water partition coefficient (Wildman–Crippen LogP) is 2.85. The summed E-state index contributed by atoms with van der Waals surface area (Å²) in [6.07, 6.45) is 1.48. The molecule has 5 heteroatoms. The second kappa shape index (κ2) is 6.45. The third-order valence-corrected chi connectivity index (χ3v) is 3.64. The van der Waals surface area contributed by atoms with E-state index >= 15 is 0 Å². The van der Waals surface area contributed by atoms with Gasteiger partial charge in [-0.15, -0.1) is 11.8 Å². The number of hydrogen-bond acceptors (Lipinski definition) is 5. The Kier molecular flexibility index (Phi) is 4.65. The number of thioether (sulfide) groups is 1. The van der Waals surface area contributed by atoms with Gasteiger partial charge in [0.2, 0.25) is 0 Å². The van der Waals surface area contributed by atoms with E-state index in [1.165, 1.54) is 13.4 Å². The number of esters is 1. The largest absolute Gasteiger partial charge is 0.468 e. The van der Waals surface area contributed by atoms with Crippen LogP contribution in [-0.4, -0.2) is 18.2 Å². The zero-order valence-electron chi connectivity index (χ0n) is 10.5. The van der Waals surface area contributed by atoms with Gasteiger partial charge in [0.05, 0.1) is 25.7 Å². The average molecular weight is 278 g/mol. The molecular formula is C14H14O4S. The first kappa shape index (κ1) is 13.7. The number of methoxy groups -OCH3 is 1. The van der Waals surface area contributed by atoms with Crippen LogP contribution in [0.2, 0.25) is 0 Å². The number of furan rings is 1. The van der Waals surface area contributed by atoms with Crippen LogP contribution in [0.5, 0.6) is 0 Å². The topological polar surface area (TPSA) is 59.7 Å².